The summed E-state index contributed by atoms with van der Waals surface area (Å²) in [5.41, 5.74) is 1.53. The van der Waals surface area contributed by atoms with Gasteiger partial charge in [0.15, 0.2) is 16.7 Å². The summed E-state index contributed by atoms with van der Waals surface area (Å²) in [6.07, 6.45) is -0.211. The lowest BCUT2D eigenvalue weighted by Gasteiger charge is -2.17. The van der Waals surface area contributed by atoms with E-state index in [2.05, 4.69) is 10.3 Å². The number of para-hydroxylation sites is 2. The number of nitrogens with zero attached hydrogens (tertiary/aromatic N) is 1. The number of nitrogens with one attached hydrogen (secondary N) is 1. The fraction of sp³-hybridized carbons (Fsp3) is 0.286. The predicted molar refractivity (Wildman–Crippen MR) is 82.5 cm³/mol. The first-order chi connectivity index (χ1) is 10.1. The first-order valence-electron chi connectivity index (χ1n) is 6.28. The second-order valence-electron chi connectivity index (χ2n) is 4.26. The van der Waals surface area contributed by atoms with Gasteiger partial charge in [-0.2, -0.15) is 0 Å². The Hall–Kier alpha value is -1.79. The van der Waals surface area contributed by atoms with Crippen molar-refractivity contribution in [2.45, 2.75) is 13.0 Å². The summed E-state index contributed by atoms with van der Waals surface area (Å²) in [7, 11) is 1.58. The normalized spacial score (nSPS) is 11.8. The number of methoxy groups -OCH3 is 1. The molecule has 0 saturated carbocycles. The van der Waals surface area contributed by atoms with Crippen LogP contribution < -0.4 is 14.8 Å². The summed E-state index contributed by atoms with van der Waals surface area (Å²) in [6, 6.07) is 7.36. The number of amides is 1. The molecule has 0 aliphatic heterocycles. The van der Waals surface area contributed by atoms with Crippen molar-refractivity contribution < 1.29 is 14.3 Å². The molecule has 112 valence electrons. The lowest BCUT2D eigenvalue weighted by molar-refractivity contribution is 0.0935. The molecule has 0 aliphatic rings. The van der Waals surface area contributed by atoms with Gasteiger partial charge in [0.05, 0.1) is 19.2 Å². The molecule has 5 nitrogen and oxygen atoms in total. The highest BCUT2D eigenvalue weighted by Gasteiger charge is 2.15. The van der Waals surface area contributed by atoms with E-state index in [4.69, 9.17) is 21.1 Å². The van der Waals surface area contributed by atoms with Crippen LogP contribution in [0.25, 0.3) is 0 Å². The maximum absolute atomic E-state index is 11.9. The highest BCUT2D eigenvalue weighted by Crippen LogP contribution is 2.26. The van der Waals surface area contributed by atoms with Gasteiger partial charge in [-0.25, -0.2) is 4.98 Å². The van der Waals surface area contributed by atoms with E-state index < -0.39 is 0 Å². The third-order valence-electron chi connectivity index (χ3n) is 2.68. The number of carbonyl (C=O) groups is 1. The molecule has 0 radical (unpaired) electrons. The number of benzene rings is 1. The van der Waals surface area contributed by atoms with Crippen LogP contribution in [0.5, 0.6) is 11.5 Å². The van der Waals surface area contributed by atoms with Gasteiger partial charge in [-0.3, -0.25) is 4.79 Å². The van der Waals surface area contributed by atoms with Crippen molar-refractivity contribution >= 4 is 28.8 Å². The minimum Gasteiger partial charge on any atom is -0.493 e. The third-order valence-corrected chi connectivity index (χ3v) is 3.90. The fourth-order valence-corrected chi connectivity index (χ4v) is 2.59. The van der Waals surface area contributed by atoms with E-state index in [1.807, 2.05) is 31.2 Å². The Kier molecular flexibility index (Phi) is 5.41. The average Bonchev–Trinajstić information content (AvgIpc) is 2.91. The standard InChI is InChI=1S/C14H15ClN2O3S/c1-9(20-11-6-4-3-5-10(11)19-2)7-16-14(18)12-13(15)17-8-21-12/h3-6,8-9H,7H2,1-2H3,(H,16,18)/t9-/m0/s1. The summed E-state index contributed by atoms with van der Waals surface area (Å²) in [6.45, 7) is 2.21. The van der Waals surface area contributed by atoms with Gasteiger partial charge in [-0.15, -0.1) is 11.3 Å². The van der Waals surface area contributed by atoms with E-state index >= 15 is 0 Å². The van der Waals surface area contributed by atoms with Gasteiger partial charge in [0, 0.05) is 0 Å². The highest BCUT2D eigenvalue weighted by atomic mass is 35.5. The zero-order chi connectivity index (χ0) is 15.2. The second kappa shape index (κ2) is 7.28. The molecule has 1 atom stereocenters. The van der Waals surface area contributed by atoms with Gasteiger partial charge in [0.25, 0.3) is 5.91 Å². The van der Waals surface area contributed by atoms with Gasteiger partial charge < -0.3 is 14.8 Å². The Morgan fingerprint density at radius 3 is 2.76 bits per heavy atom. The molecule has 1 amide bonds. The van der Waals surface area contributed by atoms with Crippen molar-refractivity contribution in [3.63, 3.8) is 0 Å². The predicted octanol–water partition coefficient (Wildman–Crippen LogP) is 3.00. The zero-order valence-electron chi connectivity index (χ0n) is 11.6. The van der Waals surface area contributed by atoms with Crippen LogP contribution in [-0.2, 0) is 0 Å². The van der Waals surface area contributed by atoms with Crippen molar-refractivity contribution in [3.05, 3.63) is 39.8 Å². The topological polar surface area (TPSA) is 60.5 Å². The number of hydrogen-bond acceptors (Lipinski definition) is 5. The van der Waals surface area contributed by atoms with Crippen LogP contribution in [0.1, 0.15) is 16.6 Å². The van der Waals surface area contributed by atoms with E-state index in [1.54, 1.807) is 7.11 Å². The maximum atomic E-state index is 11.9. The molecular formula is C14H15ClN2O3S. The van der Waals surface area contributed by atoms with E-state index in [1.165, 1.54) is 16.8 Å². The molecule has 1 N–H and O–H groups in total. The van der Waals surface area contributed by atoms with Gasteiger partial charge in [-0.05, 0) is 19.1 Å². The molecular weight excluding hydrogens is 312 g/mol. The summed E-state index contributed by atoms with van der Waals surface area (Å²) in [4.78, 5) is 16.1. The van der Waals surface area contributed by atoms with Crippen molar-refractivity contribution in [1.82, 2.24) is 10.3 Å². The highest BCUT2D eigenvalue weighted by molar-refractivity contribution is 7.12. The lowest BCUT2D eigenvalue weighted by Crippen LogP contribution is -2.33. The number of hydrogen-bond donors (Lipinski definition) is 1. The quantitative estimate of drug-likeness (QED) is 0.886. The van der Waals surface area contributed by atoms with Gasteiger partial charge >= 0.3 is 0 Å². The molecule has 0 unspecified atom stereocenters. The van der Waals surface area contributed by atoms with Gasteiger partial charge in [0.1, 0.15) is 11.0 Å². The smallest absolute Gasteiger partial charge is 0.264 e. The van der Waals surface area contributed by atoms with E-state index in [0.717, 1.165) is 0 Å². The Labute approximate surface area is 131 Å². The lowest BCUT2D eigenvalue weighted by atomic mass is 10.3. The van der Waals surface area contributed by atoms with Crippen molar-refractivity contribution in [3.8, 4) is 11.5 Å². The molecule has 0 bridgehead atoms. The van der Waals surface area contributed by atoms with Crippen molar-refractivity contribution in [2.24, 2.45) is 0 Å². The molecule has 21 heavy (non-hydrogen) atoms. The average molecular weight is 327 g/mol. The number of halogens is 1. The molecule has 0 saturated heterocycles. The van der Waals surface area contributed by atoms with Crippen molar-refractivity contribution in [2.75, 3.05) is 13.7 Å². The number of rotatable bonds is 6. The number of carbonyl (C=O) groups excluding carboxylic acids is 1. The van der Waals surface area contributed by atoms with Crippen LogP contribution in [0.2, 0.25) is 5.15 Å². The van der Waals surface area contributed by atoms with Crippen LogP contribution in [-0.4, -0.2) is 30.6 Å². The molecule has 2 aromatic rings. The first-order valence-corrected chi connectivity index (χ1v) is 7.54. The molecule has 0 aliphatic carbocycles. The summed E-state index contributed by atoms with van der Waals surface area (Å²) >= 11 is 7.01. The number of aromatic nitrogens is 1. The minimum absolute atomic E-state index is 0.211. The maximum Gasteiger partial charge on any atom is 0.264 e. The molecule has 2 rings (SSSR count). The minimum atomic E-state index is -0.252. The summed E-state index contributed by atoms with van der Waals surface area (Å²) < 4.78 is 11.0. The molecule has 1 heterocycles. The van der Waals surface area contributed by atoms with Crippen LogP contribution in [0.15, 0.2) is 29.8 Å². The van der Waals surface area contributed by atoms with Crippen molar-refractivity contribution in [1.29, 1.82) is 0 Å². The van der Waals surface area contributed by atoms with Crippen LogP contribution in [0, 0.1) is 0 Å². The molecule has 0 fully saturated rings. The summed E-state index contributed by atoms with van der Waals surface area (Å²) in [5, 5.41) is 2.98. The number of thiazole rings is 1. The number of ether oxygens (including phenoxy) is 2. The molecule has 1 aromatic heterocycles. The van der Waals surface area contributed by atoms with Crippen LogP contribution in [0.4, 0.5) is 0 Å². The Bertz CT molecular complexity index is 618. The first kappa shape index (κ1) is 15.6. The zero-order valence-corrected chi connectivity index (χ0v) is 13.2. The summed E-state index contributed by atoms with van der Waals surface area (Å²) in [5.74, 6) is 1.04. The van der Waals surface area contributed by atoms with E-state index in [9.17, 15) is 4.79 Å². The third kappa shape index (κ3) is 4.09. The van der Waals surface area contributed by atoms with E-state index in [0.29, 0.717) is 22.9 Å². The molecule has 7 heteroatoms. The van der Waals surface area contributed by atoms with Gasteiger partial charge in [-0.1, -0.05) is 23.7 Å². The fourth-order valence-electron chi connectivity index (χ4n) is 1.67. The molecule has 1 aromatic carbocycles. The SMILES string of the molecule is COc1ccccc1O[C@@H](C)CNC(=O)c1scnc1Cl. The van der Waals surface area contributed by atoms with Gasteiger partial charge in [0.2, 0.25) is 0 Å². The monoisotopic (exact) mass is 326 g/mol. The molecule has 0 spiro atoms. The largest absolute Gasteiger partial charge is 0.493 e. The second-order valence-corrected chi connectivity index (χ2v) is 5.47. The Morgan fingerprint density at radius 1 is 1.43 bits per heavy atom. The van der Waals surface area contributed by atoms with Crippen LogP contribution >= 0.6 is 22.9 Å². The Morgan fingerprint density at radius 2 is 2.14 bits per heavy atom. The van der Waals surface area contributed by atoms with Crippen LogP contribution in [0.3, 0.4) is 0 Å². The Balaban J connectivity index is 1.89. The van der Waals surface area contributed by atoms with E-state index in [-0.39, 0.29) is 17.2 Å².